The lowest BCUT2D eigenvalue weighted by Gasteiger charge is -2.24. The molecule has 0 spiro atoms. The van der Waals surface area contributed by atoms with Gasteiger partial charge in [-0.1, -0.05) is 31.4 Å². The fourth-order valence-electron chi connectivity index (χ4n) is 2.43. The number of nitrogens with one attached hydrogen (secondary N) is 1. The Morgan fingerprint density at radius 2 is 2.06 bits per heavy atom. The zero-order valence-corrected chi connectivity index (χ0v) is 9.98. The highest BCUT2D eigenvalue weighted by Gasteiger charge is 2.12. The molecule has 92 valence electrons. The molecule has 0 saturated heterocycles. The second-order valence-electron chi connectivity index (χ2n) is 4.75. The molecule has 0 radical (unpaired) electrons. The molecule has 0 heterocycles. The van der Waals surface area contributed by atoms with Gasteiger partial charge in [-0.2, -0.15) is 0 Å². The highest BCUT2D eigenvalue weighted by atomic mass is 16.4. The summed E-state index contributed by atoms with van der Waals surface area (Å²) >= 11 is 0. The fourth-order valence-corrected chi connectivity index (χ4v) is 2.43. The molecule has 1 aromatic carbocycles. The van der Waals surface area contributed by atoms with Gasteiger partial charge in [0, 0.05) is 11.7 Å². The third-order valence-corrected chi connectivity index (χ3v) is 3.26. The van der Waals surface area contributed by atoms with Crippen LogP contribution in [0.1, 0.15) is 37.7 Å². The van der Waals surface area contributed by atoms with Crippen LogP contribution < -0.4 is 5.32 Å². The van der Waals surface area contributed by atoms with Crippen LogP contribution >= 0.6 is 0 Å². The van der Waals surface area contributed by atoms with Crippen LogP contribution in [0.15, 0.2) is 24.3 Å². The summed E-state index contributed by atoms with van der Waals surface area (Å²) in [6.07, 6.45) is 6.49. The first-order valence-electron chi connectivity index (χ1n) is 6.31. The summed E-state index contributed by atoms with van der Waals surface area (Å²) in [5.74, 6) is -0.778. The first-order valence-corrected chi connectivity index (χ1v) is 6.31. The number of carboxylic acid groups (broad SMARTS) is 1. The molecule has 1 fully saturated rings. The van der Waals surface area contributed by atoms with Gasteiger partial charge in [0.2, 0.25) is 0 Å². The second kappa shape index (κ2) is 5.71. The molecule has 3 heteroatoms. The summed E-state index contributed by atoms with van der Waals surface area (Å²) in [7, 11) is 0. The second-order valence-corrected chi connectivity index (χ2v) is 4.75. The molecule has 1 aliphatic rings. The predicted molar refractivity (Wildman–Crippen MR) is 68.3 cm³/mol. The van der Waals surface area contributed by atoms with Gasteiger partial charge in [0.1, 0.15) is 0 Å². The van der Waals surface area contributed by atoms with Crippen molar-refractivity contribution >= 4 is 11.7 Å². The lowest BCUT2D eigenvalue weighted by molar-refractivity contribution is -0.136. The quantitative estimate of drug-likeness (QED) is 0.840. The molecule has 3 nitrogen and oxygen atoms in total. The van der Waals surface area contributed by atoms with E-state index < -0.39 is 5.97 Å². The summed E-state index contributed by atoms with van der Waals surface area (Å²) in [6, 6.07) is 8.30. The predicted octanol–water partition coefficient (Wildman–Crippen LogP) is 3.06. The number of benzene rings is 1. The van der Waals surface area contributed by atoms with Gasteiger partial charge in [-0.05, 0) is 30.5 Å². The highest BCUT2D eigenvalue weighted by Crippen LogP contribution is 2.22. The maximum absolute atomic E-state index is 10.6. The minimum absolute atomic E-state index is 0.0974. The minimum atomic E-state index is -0.778. The van der Waals surface area contributed by atoms with Crippen molar-refractivity contribution in [3.8, 4) is 0 Å². The Balaban J connectivity index is 1.97. The lowest BCUT2D eigenvalue weighted by Crippen LogP contribution is -2.22. The molecule has 0 amide bonds. The Labute approximate surface area is 102 Å². The van der Waals surface area contributed by atoms with E-state index in [1.165, 1.54) is 32.1 Å². The molecule has 0 aromatic heterocycles. The molecule has 2 N–H and O–H groups in total. The third kappa shape index (κ3) is 3.77. The SMILES string of the molecule is O=C(O)Cc1cccc(NC2CCCCC2)c1. The number of aliphatic carboxylic acids is 1. The van der Waals surface area contributed by atoms with Gasteiger partial charge >= 0.3 is 5.97 Å². The van der Waals surface area contributed by atoms with Crippen molar-refractivity contribution in [3.05, 3.63) is 29.8 Å². The van der Waals surface area contributed by atoms with Crippen molar-refractivity contribution < 1.29 is 9.90 Å². The van der Waals surface area contributed by atoms with Gasteiger partial charge in [-0.25, -0.2) is 0 Å². The summed E-state index contributed by atoms with van der Waals surface area (Å²) in [5.41, 5.74) is 1.91. The van der Waals surface area contributed by atoms with Crippen LogP contribution in [0.4, 0.5) is 5.69 Å². The van der Waals surface area contributed by atoms with E-state index in [0.29, 0.717) is 6.04 Å². The molecule has 1 aliphatic carbocycles. The number of carboxylic acids is 1. The fraction of sp³-hybridized carbons (Fsp3) is 0.500. The van der Waals surface area contributed by atoms with Crippen LogP contribution in [0.3, 0.4) is 0 Å². The van der Waals surface area contributed by atoms with E-state index in [9.17, 15) is 4.79 Å². The molecule has 1 aromatic rings. The van der Waals surface area contributed by atoms with Gasteiger partial charge in [0.05, 0.1) is 6.42 Å². The molecule has 2 rings (SSSR count). The Kier molecular flexibility index (Phi) is 4.02. The number of carbonyl (C=O) groups is 1. The van der Waals surface area contributed by atoms with E-state index in [4.69, 9.17) is 5.11 Å². The van der Waals surface area contributed by atoms with E-state index >= 15 is 0 Å². The number of hydrogen-bond donors (Lipinski definition) is 2. The Morgan fingerprint density at radius 1 is 1.29 bits per heavy atom. The first kappa shape index (κ1) is 12.0. The van der Waals surface area contributed by atoms with Gasteiger partial charge < -0.3 is 10.4 Å². The smallest absolute Gasteiger partial charge is 0.307 e. The summed E-state index contributed by atoms with van der Waals surface area (Å²) in [4.78, 5) is 10.6. The summed E-state index contributed by atoms with van der Waals surface area (Å²) in [6.45, 7) is 0. The van der Waals surface area contributed by atoms with E-state index in [-0.39, 0.29) is 6.42 Å². The Hall–Kier alpha value is -1.51. The first-order chi connectivity index (χ1) is 8.24. The molecule has 0 unspecified atom stereocenters. The average Bonchev–Trinajstić information content (AvgIpc) is 2.30. The van der Waals surface area contributed by atoms with E-state index in [0.717, 1.165) is 11.3 Å². The molecule has 17 heavy (non-hydrogen) atoms. The standard InChI is InChI=1S/C14H19NO2/c16-14(17)10-11-5-4-8-13(9-11)15-12-6-2-1-3-7-12/h4-5,8-9,12,15H,1-3,6-7,10H2,(H,16,17). The maximum atomic E-state index is 10.6. The monoisotopic (exact) mass is 233 g/mol. The van der Waals surface area contributed by atoms with Crippen LogP contribution in [0.5, 0.6) is 0 Å². The van der Waals surface area contributed by atoms with E-state index in [1.807, 2.05) is 24.3 Å². The maximum Gasteiger partial charge on any atom is 0.307 e. The van der Waals surface area contributed by atoms with Crippen LogP contribution in [-0.4, -0.2) is 17.1 Å². The van der Waals surface area contributed by atoms with Gasteiger partial charge in [0.15, 0.2) is 0 Å². The number of rotatable bonds is 4. The van der Waals surface area contributed by atoms with Gasteiger partial charge in [0.25, 0.3) is 0 Å². The third-order valence-electron chi connectivity index (χ3n) is 3.26. The molecule has 0 bridgehead atoms. The number of anilines is 1. The minimum Gasteiger partial charge on any atom is -0.481 e. The average molecular weight is 233 g/mol. The van der Waals surface area contributed by atoms with Gasteiger partial charge in [-0.15, -0.1) is 0 Å². The molecular weight excluding hydrogens is 214 g/mol. The largest absolute Gasteiger partial charge is 0.481 e. The number of hydrogen-bond acceptors (Lipinski definition) is 2. The van der Waals surface area contributed by atoms with Crippen molar-refractivity contribution in [2.45, 2.75) is 44.6 Å². The van der Waals surface area contributed by atoms with E-state index in [2.05, 4.69) is 5.32 Å². The lowest BCUT2D eigenvalue weighted by atomic mass is 9.95. The molecule has 1 saturated carbocycles. The highest BCUT2D eigenvalue weighted by molar-refractivity contribution is 5.70. The summed E-state index contributed by atoms with van der Waals surface area (Å²) in [5, 5.41) is 12.3. The van der Waals surface area contributed by atoms with Gasteiger partial charge in [-0.3, -0.25) is 4.79 Å². The Bertz CT molecular complexity index is 384. The van der Waals surface area contributed by atoms with Crippen molar-refractivity contribution in [1.82, 2.24) is 0 Å². The Morgan fingerprint density at radius 3 is 2.76 bits per heavy atom. The zero-order valence-electron chi connectivity index (χ0n) is 9.98. The van der Waals surface area contributed by atoms with Crippen molar-refractivity contribution in [2.75, 3.05) is 5.32 Å². The zero-order chi connectivity index (χ0) is 12.1. The topological polar surface area (TPSA) is 49.3 Å². The van der Waals surface area contributed by atoms with Crippen LogP contribution in [0, 0.1) is 0 Å². The summed E-state index contributed by atoms with van der Waals surface area (Å²) < 4.78 is 0. The van der Waals surface area contributed by atoms with Crippen LogP contribution in [-0.2, 0) is 11.2 Å². The van der Waals surface area contributed by atoms with Crippen molar-refractivity contribution in [1.29, 1.82) is 0 Å². The van der Waals surface area contributed by atoms with Crippen LogP contribution in [0.25, 0.3) is 0 Å². The molecule has 0 atom stereocenters. The van der Waals surface area contributed by atoms with Crippen molar-refractivity contribution in [2.24, 2.45) is 0 Å². The van der Waals surface area contributed by atoms with Crippen molar-refractivity contribution in [3.63, 3.8) is 0 Å². The molecular formula is C14H19NO2. The van der Waals surface area contributed by atoms with Crippen LogP contribution in [0.2, 0.25) is 0 Å². The normalized spacial score (nSPS) is 16.7. The van der Waals surface area contributed by atoms with E-state index in [1.54, 1.807) is 0 Å². The molecule has 0 aliphatic heterocycles.